The molecule has 23 heavy (non-hydrogen) atoms. The highest BCUT2D eigenvalue weighted by Gasteiger charge is 2.07. The number of pyridine rings is 1. The second kappa shape index (κ2) is 8.24. The molecule has 0 aliphatic rings. The van der Waals surface area contributed by atoms with E-state index in [1.54, 1.807) is 30.3 Å². The number of hydrogen-bond acceptors (Lipinski definition) is 4. The fourth-order valence-electron chi connectivity index (χ4n) is 1.96. The molecule has 6 heteroatoms. The first-order valence-electron chi connectivity index (χ1n) is 7.42. The van der Waals surface area contributed by atoms with Crippen LogP contribution in [0.1, 0.15) is 15.9 Å². The Balaban J connectivity index is 1.86. The molecule has 0 spiro atoms. The molecule has 1 amide bonds. The lowest BCUT2D eigenvalue weighted by Gasteiger charge is -2.11. The highest BCUT2D eigenvalue weighted by molar-refractivity contribution is 5.94. The number of amides is 1. The molecule has 0 atom stereocenters. The minimum Gasteiger partial charge on any atom is -0.369 e. The fraction of sp³-hybridized carbons (Fsp3) is 0.294. The summed E-state index contributed by atoms with van der Waals surface area (Å²) in [5.74, 6) is 0.115. The van der Waals surface area contributed by atoms with Gasteiger partial charge >= 0.3 is 0 Å². The van der Waals surface area contributed by atoms with Crippen LogP contribution in [0.5, 0.6) is 0 Å². The summed E-state index contributed by atoms with van der Waals surface area (Å²) in [6.07, 6.45) is 1.51. The molecule has 2 rings (SSSR count). The van der Waals surface area contributed by atoms with Gasteiger partial charge < -0.3 is 15.5 Å². The first kappa shape index (κ1) is 16.9. The van der Waals surface area contributed by atoms with Gasteiger partial charge in [0.25, 0.3) is 5.91 Å². The fourth-order valence-corrected chi connectivity index (χ4v) is 1.96. The molecule has 0 saturated carbocycles. The minimum atomic E-state index is -0.327. The van der Waals surface area contributed by atoms with Crippen LogP contribution in [-0.2, 0) is 6.54 Å². The van der Waals surface area contributed by atoms with E-state index in [2.05, 4.69) is 20.5 Å². The van der Waals surface area contributed by atoms with Crippen molar-refractivity contribution in [1.29, 1.82) is 0 Å². The highest BCUT2D eigenvalue weighted by Crippen LogP contribution is 2.08. The Kier molecular flexibility index (Phi) is 6.05. The van der Waals surface area contributed by atoms with Gasteiger partial charge in [0.2, 0.25) is 0 Å². The number of anilines is 1. The topological polar surface area (TPSA) is 57.3 Å². The Labute approximate surface area is 135 Å². The second-order valence-electron chi connectivity index (χ2n) is 5.44. The van der Waals surface area contributed by atoms with Gasteiger partial charge in [-0.2, -0.15) is 0 Å². The zero-order valence-electron chi connectivity index (χ0n) is 13.3. The third-order valence-corrected chi connectivity index (χ3v) is 3.29. The van der Waals surface area contributed by atoms with E-state index in [9.17, 15) is 9.18 Å². The van der Waals surface area contributed by atoms with Gasteiger partial charge in [0, 0.05) is 31.4 Å². The van der Waals surface area contributed by atoms with Gasteiger partial charge in [-0.1, -0.05) is 18.2 Å². The van der Waals surface area contributed by atoms with Crippen LogP contribution in [0.3, 0.4) is 0 Å². The Bertz CT molecular complexity index is 643. The van der Waals surface area contributed by atoms with Gasteiger partial charge in [-0.3, -0.25) is 4.79 Å². The number of hydrogen-bond donors (Lipinski definition) is 2. The van der Waals surface area contributed by atoms with Crippen molar-refractivity contribution < 1.29 is 9.18 Å². The number of halogens is 1. The van der Waals surface area contributed by atoms with Crippen LogP contribution in [0.4, 0.5) is 10.2 Å². The van der Waals surface area contributed by atoms with E-state index < -0.39 is 0 Å². The Morgan fingerprint density at radius 2 is 2.00 bits per heavy atom. The Hall–Kier alpha value is -2.47. The molecule has 0 aliphatic carbocycles. The predicted molar refractivity (Wildman–Crippen MR) is 88.9 cm³/mol. The van der Waals surface area contributed by atoms with Crippen molar-refractivity contribution in [2.75, 3.05) is 32.5 Å². The van der Waals surface area contributed by atoms with Crippen molar-refractivity contribution in [2.45, 2.75) is 6.54 Å². The number of carbonyl (C=O) groups is 1. The van der Waals surface area contributed by atoms with Gasteiger partial charge in [0.1, 0.15) is 11.6 Å². The lowest BCUT2D eigenvalue weighted by Crippen LogP contribution is -2.24. The zero-order chi connectivity index (χ0) is 16.7. The monoisotopic (exact) mass is 316 g/mol. The van der Waals surface area contributed by atoms with Crippen LogP contribution >= 0.6 is 0 Å². The third kappa shape index (κ3) is 5.34. The van der Waals surface area contributed by atoms with E-state index in [-0.39, 0.29) is 18.3 Å². The quantitative estimate of drug-likeness (QED) is 0.821. The standard InChI is InChI=1S/C17H21FN4O/c1-22(2)10-9-19-16-8-7-14(12-20-16)17(23)21-11-13-5-3-4-6-15(13)18/h3-8,12H,9-11H2,1-2H3,(H,19,20)(H,21,23). The molecule has 0 bridgehead atoms. The Morgan fingerprint density at radius 3 is 2.65 bits per heavy atom. The summed E-state index contributed by atoms with van der Waals surface area (Å²) in [6, 6.07) is 9.82. The molecule has 1 aromatic carbocycles. The lowest BCUT2D eigenvalue weighted by atomic mass is 10.2. The van der Waals surface area contributed by atoms with Crippen molar-refractivity contribution >= 4 is 11.7 Å². The maximum absolute atomic E-state index is 13.5. The molecule has 0 saturated heterocycles. The maximum atomic E-state index is 13.5. The molecule has 2 N–H and O–H groups in total. The lowest BCUT2D eigenvalue weighted by molar-refractivity contribution is 0.0950. The van der Waals surface area contributed by atoms with Crippen LogP contribution in [0.2, 0.25) is 0 Å². The third-order valence-electron chi connectivity index (χ3n) is 3.29. The minimum absolute atomic E-state index is 0.147. The van der Waals surface area contributed by atoms with E-state index in [4.69, 9.17) is 0 Å². The van der Waals surface area contributed by atoms with Gasteiger partial charge in [-0.05, 0) is 32.3 Å². The number of nitrogens with zero attached hydrogens (tertiary/aromatic N) is 2. The van der Waals surface area contributed by atoms with Crippen molar-refractivity contribution in [3.05, 3.63) is 59.5 Å². The van der Waals surface area contributed by atoms with Crippen LogP contribution in [0.25, 0.3) is 0 Å². The first-order valence-corrected chi connectivity index (χ1v) is 7.42. The molecule has 0 fully saturated rings. The summed E-state index contributed by atoms with van der Waals surface area (Å²) < 4.78 is 13.5. The second-order valence-corrected chi connectivity index (χ2v) is 5.44. The number of likely N-dealkylation sites (N-methyl/N-ethyl adjacent to an activating group) is 1. The molecule has 2 aromatic rings. The number of nitrogens with one attached hydrogen (secondary N) is 2. The maximum Gasteiger partial charge on any atom is 0.253 e. The largest absolute Gasteiger partial charge is 0.369 e. The van der Waals surface area contributed by atoms with Crippen molar-refractivity contribution in [3.8, 4) is 0 Å². The van der Waals surface area contributed by atoms with Gasteiger partial charge in [-0.15, -0.1) is 0 Å². The van der Waals surface area contributed by atoms with Gasteiger partial charge in [0.15, 0.2) is 0 Å². The summed E-state index contributed by atoms with van der Waals surface area (Å²) in [4.78, 5) is 18.3. The summed E-state index contributed by atoms with van der Waals surface area (Å²) >= 11 is 0. The summed E-state index contributed by atoms with van der Waals surface area (Å²) in [5.41, 5.74) is 0.898. The van der Waals surface area contributed by atoms with E-state index in [0.29, 0.717) is 11.1 Å². The molecule has 5 nitrogen and oxygen atoms in total. The normalized spacial score (nSPS) is 10.6. The van der Waals surface area contributed by atoms with Gasteiger partial charge in [0.05, 0.1) is 5.56 Å². The molecule has 0 aliphatic heterocycles. The van der Waals surface area contributed by atoms with E-state index in [1.165, 1.54) is 12.3 Å². The zero-order valence-corrected chi connectivity index (χ0v) is 13.3. The van der Waals surface area contributed by atoms with Crippen LogP contribution in [0, 0.1) is 5.82 Å². The summed E-state index contributed by atoms with van der Waals surface area (Å²) in [6.45, 7) is 1.82. The van der Waals surface area contributed by atoms with Crippen LogP contribution in [-0.4, -0.2) is 43.0 Å². The van der Waals surface area contributed by atoms with E-state index >= 15 is 0 Å². The molecule has 0 unspecified atom stereocenters. The van der Waals surface area contributed by atoms with Crippen LogP contribution in [0.15, 0.2) is 42.6 Å². The molecule has 0 radical (unpaired) electrons. The molecule has 1 aromatic heterocycles. The molecular formula is C17H21FN4O. The SMILES string of the molecule is CN(C)CCNc1ccc(C(=O)NCc2ccccc2F)cn1. The number of aromatic nitrogens is 1. The van der Waals surface area contributed by atoms with E-state index in [0.717, 1.165) is 18.9 Å². The smallest absolute Gasteiger partial charge is 0.253 e. The van der Waals surface area contributed by atoms with E-state index in [1.807, 2.05) is 14.1 Å². The Morgan fingerprint density at radius 1 is 1.22 bits per heavy atom. The highest BCUT2D eigenvalue weighted by atomic mass is 19.1. The summed E-state index contributed by atoms with van der Waals surface area (Å²) in [7, 11) is 4.00. The number of rotatable bonds is 7. The predicted octanol–water partition coefficient (Wildman–Crippen LogP) is 2.12. The average Bonchev–Trinajstić information content (AvgIpc) is 2.54. The number of carbonyl (C=O) groups excluding carboxylic acids is 1. The molecular weight excluding hydrogens is 295 g/mol. The average molecular weight is 316 g/mol. The van der Waals surface area contributed by atoms with Crippen LogP contribution < -0.4 is 10.6 Å². The van der Waals surface area contributed by atoms with Crippen molar-refractivity contribution in [2.24, 2.45) is 0 Å². The van der Waals surface area contributed by atoms with Crippen molar-refractivity contribution in [3.63, 3.8) is 0 Å². The first-order chi connectivity index (χ1) is 11.1. The molecule has 1 heterocycles. The van der Waals surface area contributed by atoms with Gasteiger partial charge in [-0.25, -0.2) is 9.37 Å². The van der Waals surface area contributed by atoms with Crippen molar-refractivity contribution in [1.82, 2.24) is 15.2 Å². The molecule has 122 valence electrons. The number of benzene rings is 1. The summed E-state index contributed by atoms with van der Waals surface area (Å²) in [5, 5.41) is 5.86.